The summed E-state index contributed by atoms with van der Waals surface area (Å²) in [6, 6.07) is 14.8. The van der Waals surface area contributed by atoms with Gasteiger partial charge < -0.3 is 9.64 Å². The van der Waals surface area contributed by atoms with Crippen molar-refractivity contribution in [1.29, 1.82) is 0 Å². The fourth-order valence-corrected chi connectivity index (χ4v) is 5.18. The molecule has 0 saturated carbocycles. The molecule has 0 unspecified atom stereocenters. The molecular weight excluding hydrogens is 370 g/mol. The summed E-state index contributed by atoms with van der Waals surface area (Å²) < 4.78 is 6.71. The van der Waals surface area contributed by atoms with Crippen LogP contribution in [0.4, 0.5) is 0 Å². The van der Waals surface area contributed by atoms with Gasteiger partial charge in [0.25, 0.3) is 0 Å². The number of nitrogens with zero attached hydrogens (tertiary/aromatic N) is 2. The van der Waals surface area contributed by atoms with Crippen LogP contribution in [0, 0.1) is 6.92 Å². The Bertz CT molecular complexity index is 933. The molecule has 0 aromatic heterocycles. The van der Waals surface area contributed by atoms with Crippen molar-refractivity contribution in [2.75, 3.05) is 19.6 Å². The van der Waals surface area contributed by atoms with Crippen LogP contribution in [0.2, 0.25) is 5.02 Å². The van der Waals surface area contributed by atoms with E-state index >= 15 is 0 Å². The van der Waals surface area contributed by atoms with E-state index in [2.05, 4.69) is 43.1 Å². The monoisotopic (exact) mass is 396 g/mol. The maximum Gasteiger partial charge on any atom is 0.208 e. The lowest BCUT2D eigenvalue weighted by atomic mass is 9.90. The van der Waals surface area contributed by atoms with Gasteiger partial charge in [0.2, 0.25) is 5.72 Å². The molecule has 1 spiro atoms. The van der Waals surface area contributed by atoms with E-state index in [4.69, 9.17) is 21.4 Å². The molecule has 1 fully saturated rings. The first-order chi connectivity index (χ1) is 13.6. The highest BCUT2D eigenvalue weighted by atomic mass is 35.5. The van der Waals surface area contributed by atoms with Crippen LogP contribution in [-0.2, 0) is 0 Å². The van der Waals surface area contributed by atoms with Gasteiger partial charge in [-0.05, 0) is 26.0 Å². The van der Waals surface area contributed by atoms with E-state index < -0.39 is 0 Å². The second-order valence-electron chi connectivity index (χ2n) is 8.28. The molecule has 0 radical (unpaired) electrons. The van der Waals surface area contributed by atoms with Gasteiger partial charge in [0.15, 0.2) is 0 Å². The molecule has 0 amide bonds. The van der Waals surface area contributed by atoms with Gasteiger partial charge in [0, 0.05) is 22.6 Å². The van der Waals surface area contributed by atoms with Crippen LogP contribution in [0.15, 0.2) is 47.6 Å². The summed E-state index contributed by atoms with van der Waals surface area (Å²) >= 11 is 6.51. The van der Waals surface area contributed by atoms with Crippen LogP contribution in [0.5, 0.6) is 5.75 Å². The minimum Gasteiger partial charge on any atom is -0.466 e. The number of hydrazone groups is 1. The van der Waals surface area contributed by atoms with E-state index in [-0.39, 0.29) is 11.8 Å². The van der Waals surface area contributed by atoms with E-state index in [0.29, 0.717) is 0 Å². The van der Waals surface area contributed by atoms with Gasteiger partial charge in [0.1, 0.15) is 5.75 Å². The van der Waals surface area contributed by atoms with E-state index in [1.807, 2.05) is 18.2 Å². The van der Waals surface area contributed by atoms with Crippen molar-refractivity contribution < 1.29 is 9.64 Å². The lowest BCUT2D eigenvalue weighted by Gasteiger charge is -2.50. The first kappa shape index (κ1) is 18.0. The fourth-order valence-electron chi connectivity index (χ4n) is 4.94. The normalized spacial score (nSPS) is 28.5. The number of nitrogens with one attached hydrogen (secondary N) is 1. The van der Waals surface area contributed by atoms with Crippen LogP contribution < -0.4 is 9.64 Å². The summed E-state index contributed by atoms with van der Waals surface area (Å²) in [6.45, 7) is 7.82. The number of quaternary nitrogens is 1. The Hall–Kier alpha value is -2.04. The number of halogens is 1. The average molecular weight is 397 g/mol. The molecule has 0 aliphatic carbocycles. The van der Waals surface area contributed by atoms with Gasteiger partial charge in [-0.2, -0.15) is 5.10 Å². The second kappa shape index (κ2) is 6.78. The zero-order valence-electron chi connectivity index (χ0n) is 16.5. The first-order valence-electron chi connectivity index (χ1n) is 10.3. The van der Waals surface area contributed by atoms with Crippen molar-refractivity contribution in [2.45, 2.75) is 44.9 Å². The Kier molecular flexibility index (Phi) is 4.37. The maximum atomic E-state index is 6.71. The zero-order valence-corrected chi connectivity index (χ0v) is 17.3. The highest BCUT2D eigenvalue weighted by Crippen LogP contribution is 2.49. The average Bonchev–Trinajstić information content (AvgIpc) is 3.16. The van der Waals surface area contributed by atoms with Gasteiger partial charge in [0.05, 0.1) is 44.2 Å². The van der Waals surface area contributed by atoms with Crippen molar-refractivity contribution in [3.63, 3.8) is 0 Å². The summed E-state index contributed by atoms with van der Waals surface area (Å²) in [5, 5.41) is 8.18. The summed E-state index contributed by atoms with van der Waals surface area (Å²) in [5.74, 6) is 1.03. The quantitative estimate of drug-likeness (QED) is 0.840. The van der Waals surface area contributed by atoms with Crippen molar-refractivity contribution in [3.05, 3.63) is 64.2 Å². The summed E-state index contributed by atoms with van der Waals surface area (Å²) in [5.41, 5.74) is 4.28. The lowest BCUT2D eigenvalue weighted by Crippen LogP contribution is -3.13. The fraction of sp³-hybridized carbons (Fsp3) is 0.435. The molecule has 146 valence electrons. The number of aryl methyl sites for hydroxylation is 1. The van der Waals surface area contributed by atoms with E-state index in [1.54, 1.807) is 4.90 Å². The molecule has 4 nitrogen and oxygen atoms in total. The molecular formula is C23H27ClN3O+. The smallest absolute Gasteiger partial charge is 0.208 e. The third kappa shape index (κ3) is 2.82. The van der Waals surface area contributed by atoms with Crippen molar-refractivity contribution in [3.8, 4) is 5.75 Å². The first-order valence-corrected chi connectivity index (χ1v) is 10.7. The molecule has 5 rings (SSSR count). The minimum atomic E-state index is -0.339. The Labute approximate surface area is 171 Å². The van der Waals surface area contributed by atoms with Crippen molar-refractivity contribution >= 4 is 17.3 Å². The number of hydrogen-bond acceptors (Lipinski definition) is 3. The Balaban J connectivity index is 1.58. The number of rotatable bonds is 2. The van der Waals surface area contributed by atoms with Crippen LogP contribution in [0.1, 0.15) is 48.9 Å². The van der Waals surface area contributed by atoms with Gasteiger partial charge in [-0.1, -0.05) is 47.5 Å². The summed E-state index contributed by atoms with van der Waals surface area (Å²) in [6.07, 6.45) is 2.87. The Morgan fingerprint density at radius 1 is 1.21 bits per heavy atom. The predicted octanol–water partition coefficient (Wildman–Crippen LogP) is 3.59. The number of likely N-dealkylation sites (tertiary alicyclic amines) is 1. The predicted molar refractivity (Wildman–Crippen MR) is 112 cm³/mol. The standard InChI is InChI=1S/C23H26ClN3O/c1-3-26-12-10-23(11-13-26)27-21(18-14-16(2)8-9-22(18)28-23)15-20(25-27)17-6-4-5-7-19(17)24/h4-9,14,21H,3,10-13,15H2,1-2H3/p+1/t21-/m0/s1. The molecule has 3 aliphatic heterocycles. The van der Waals surface area contributed by atoms with Gasteiger partial charge in [-0.3, -0.25) is 0 Å². The molecule has 0 bridgehead atoms. The van der Waals surface area contributed by atoms with Gasteiger partial charge >= 0.3 is 0 Å². The lowest BCUT2D eigenvalue weighted by molar-refractivity contribution is -0.906. The number of fused-ring (bicyclic) bond motifs is 4. The topological polar surface area (TPSA) is 29.3 Å². The molecule has 28 heavy (non-hydrogen) atoms. The number of ether oxygens (including phenoxy) is 1. The molecule has 1 saturated heterocycles. The van der Waals surface area contributed by atoms with E-state index in [0.717, 1.165) is 54.4 Å². The molecule has 1 atom stereocenters. The SMILES string of the molecule is CC[NH+]1CCC2(CC1)Oc1ccc(C)cc1[C@@H]1CC(c3ccccc3Cl)=NN12. The largest absolute Gasteiger partial charge is 0.466 e. The Morgan fingerprint density at radius 2 is 2.00 bits per heavy atom. The van der Waals surface area contributed by atoms with E-state index in [9.17, 15) is 0 Å². The van der Waals surface area contributed by atoms with Crippen molar-refractivity contribution in [1.82, 2.24) is 5.01 Å². The summed E-state index contributed by atoms with van der Waals surface area (Å²) in [7, 11) is 0. The molecule has 2 aromatic rings. The maximum absolute atomic E-state index is 6.71. The van der Waals surface area contributed by atoms with Gasteiger partial charge in [-0.25, -0.2) is 5.01 Å². The van der Waals surface area contributed by atoms with Crippen molar-refractivity contribution in [2.24, 2.45) is 5.10 Å². The molecule has 5 heteroatoms. The van der Waals surface area contributed by atoms with Crippen LogP contribution >= 0.6 is 11.6 Å². The molecule has 2 aromatic carbocycles. The van der Waals surface area contributed by atoms with Crippen LogP contribution in [0.3, 0.4) is 0 Å². The molecule has 3 aliphatic rings. The number of benzene rings is 2. The number of piperidine rings is 1. The highest BCUT2D eigenvalue weighted by molar-refractivity contribution is 6.34. The highest BCUT2D eigenvalue weighted by Gasteiger charge is 2.52. The van der Waals surface area contributed by atoms with Gasteiger partial charge in [-0.15, -0.1) is 0 Å². The summed E-state index contributed by atoms with van der Waals surface area (Å²) in [4.78, 5) is 1.65. The van der Waals surface area contributed by atoms with E-state index in [1.165, 1.54) is 17.7 Å². The zero-order chi connectivity index (χ0) is 19.3. The third-order valence-electron chi connectivity index (χ3n) is 6.58. The third-order valence-corrected chi connectivity index (χ3v) is 6.90. The second-order valence-corrected chi connectivity index (χ2v) is 8.69. The van der Waals surface area contributed by atoms with Crippen LogP contribution in [0.25, 0.3) is 0 Å². The minimum absolute atomic E-state index is 0.220. The molecule has 3 heterocycles. The molecule has 1 N–H and O–H groups in total. The Morgan fingerprint density at radius 3 is 2.75 bits per heavy atom. The number of hydrogen-bond donors (Lipinski definition) is 1. The van der Waals surface area contributed by atoms with Crippen LogP contribution in [-0.4, -0.2) is 36.1 Å².